The van der Waals surface area contributed by atoms with Crippen LogP contribution in [0, 0.1) is 0 Å². The molecule has 0 spiro atoms. The summed E-state index contributed by atoms with van der Waals surface area (Å²) >= 11 is 0. The summed E-state index contributed by atoms with van der Waals surface area (Å²) in [5, 5.41) is 11.1. The van der Waals surface area contributed by atoms with E-state index in [9.17, 15) is 4.79 Å². The van der Waals surface area contributed by atoms with Gasteiger partial charge in [0.05, 0.1) is 32.5 Å². The monoisotopic (exact) mass is 175 g/mol. The van der Waals surface area contributed by atoms with Gasteiger partial charge in [-0.15, -0.1) is 0 Å². The number of carbonyl (C=O) groups is 1. The highest BCUT2D eigenvalue weighted by molar-refractivity contribution is 5.68. The second-order valence-corrected chi connectivity index (χ2v) is 2.59. The van der Waals surface area contributed by atoms with E-state index in [0.29, 0.717) is 26.4 Å². The Bertz CT molecular complexity index is 144. The molecule has 1 fully saturated rings. The first-order chi connectivity index (χ1) is 5.79. The average Bonchev–Trinajstić information content (AvgIpc) is 2.05. The van der Waals surface area contributed by atoms with Crippen LogP contribution < -0.4 is 5.32 Å². The van der Waals surface area contributed by atoms with E-state index in [0.717, 1.165) is 0 Å². The Balaban J connectivity index is 2.01. The van der Waals surface area contributed by atoms with Crippen molar-refractivity contribution in [3.8, 4) is 0 Å². The van der Waals surface area contributed by atoms with Crippen LogP contribution in [0.1, 0.15) is 0 Å². The van der Waals surface area contributed by atoms with Gasteiger partial charge in [-0.1, -0.05) is 0 Å². The second kappa shape index (κ2) is 5.08. The van der Waals surface area contributed by atoms with Crippen molar-refractivity contribution in [2.75, 3.05) is 32.9 Å². The quantitative estimate of drug-likeness (QED) is 0.578. The van der Waals surface area contributed by atoms with Crippen LogP contribution in [0.4, 0.5) is 0 Å². The van der Waals surface area contributed by atoms with Crippen LogP contribution in [0.5, 0.6) is 0 Å². The van der Waals surface area contributed by atoms with Crippen molar-refractivity contribution < 1.29 is 19.4 Å². The van der Waals surface area contributed by atoms with Crippen molar-refractivity contribution in [2.24, 2.45) is 0 Å². The molecule has 0 aromatic carbocycles. The van der Waals surface area contributed by atoms with Crippen LogP contribution >= 0.6 is 0 Å². The fourth-order valence-corrected chi connectivity index (χ4v) is 0.995. The van der Waals surface area contributed by atoms with Crippen molar-refractivity contribution in [1.29, 1.82) is 0 Å². The maximum absolute atomic E-state index is 10.1. The molecule has 1 heterocycles. The first-order valence-corrected chi connectivity index (χ1v) is 3.91. The third kappa shape index (κ3) is 3.66. The molecule has 1 saturated heterocycles. The summed E-state index contributed by atoms with van der Waals surface area (Å²) in [5.74, 6) is -0.855. The van der Waals surface area contributed by atoms with Crippen molar-refractivity contribution >= 4 is 5.97 Å². The van der Waals surface area contributed by atoms with Crippen LogP contribution in [0.2, 0.25) is 0 Å². The lowest BCUT2D eigenvalue weighted by Crippen LogP contribution is -2.39. The minimum atomic E-state index is -0.855. The van der Waals surface area contributed by atoms with E-state index in [4.69, 9.17) is 14.6 Å². The normalized spacial score (nSPS) is 23.8. The topological polar surface area (TPSA) is 67.8 Å². The predicted molar refractivity (Wildman–Crippen MR) is 41.1 cm³/mol. The highest BCUT2D eigenvalue weighted by atomic mass is 16.6. The molecule has 2 N–H and O–H groups in total. The molecule has 1 aliphatic rings. The summed E-state index contributed by atoms with van der Waals surface area (Å²) in [7, 11) is 0. The summed E-state index contributed by atoms with van der Waals surface area (Å²) in [6.45, 7) is 2.29. The Morgan fingerprint density at radius 3 is 3.00 bits per heavy atom. The number of aliphatic carboxylic acids is 1. The first kappa shape index (κ1) is 9.44. The Labute approximate surface area is 70.7 Å². The van der Waals surface area contributed by atoms with Gasteiger partial charge in [-0.05, 0) is 0 Å². The number of rotatable bonds is 4. The fourth-order valence-electron chi connectivity index (χ4n) is 0.995. The molecule has 0 saturated carbocycles. The molecule has 0 aromatic heterocycles. The van der Waals surface area contributed by atoms with Gasteiger partial charge in [0.2, 0.25) is 0 Å². The van der Waals surface area contributed by atoms with Crippen LogP contribution in [0.25, 0.3) is 0 Å². The van der Waals surface area contributed by atoms with Gasteiger partial charge in [0, 0.05) is 6.54 Å². The molecular weight excluding hydrogens is 162 g/mol. The highest BCUT2D eigenvalue weighted by Crippen LogP contribution is 1.98. The molecule has 5 heteroatoms. The van der Waals surface area contributed by atoms with Crippen molar-refractivity contribution in [3.05, 3.63) is 0 Å². The summed E-state index contributed by atoms with van der Waals surface area (Å²) < 4.78 is 10.4. The van der Waals surface area contributed by atoms with E-state index in [1.54, 1.807) is 0 Å². The maximum Gasteiger partial charge on any atom is 0.317 e. The smallest absolute Gasteiger partial charge is 0.317 e. The van der Waals surface area contributed by atoms with Gasteiger partial charge in [-0.3, -0.25) is 4.79 Å². The standard InChI is InChI=1S/C7H13NO4/c9-7(10)4-8-3-6-5-11-1-2-12-6/h6,8H,1-5H2,(H,9,10). The Kier molecular flexibility index (Phi) is 3.99. The molecule has 12 heavy (non-hydrogen) atoms. The fraction of sp³-hybridized carbons (Fsp3) is 0.857. The molecule has 70 valence electrons. The zero-order valence-electron chi connectivity index (χ0n) is 6.78. The Morgan fingerprint density at radius 1 is 1.58 bits per heavy atom. The van der Waals surface area contributed by atoms with Crippen molar-refractivity contribution in [3.63, 3.8) is 0 Å². The van der Waals surface area contributed by atoms with Crippen molar-refractivity contribution in [1.82, 2.24) is 5.32 Å². The molecule has 1 unspecified atom stereocenters. The van der Waals surface area contributed by atoms with Gasteiger partial charge < -0.3 is 19.9 Å². The van der Waals surface area contributed by atoms with E-state index < -0.39 is 5.97 Å². The number of ether oxygens (including phenoxy) is 2. The van der Waals surface area contributed by atoms with Gasteiger partial charge in [0.25, 0.3) is 0 Å². The molecule has 0 amide bonds. The number of nitrogens with one attached hydrogen (secondary N) is 1. The van der Waals surface area contributed by atoms with Crippen molar-refractivity contribution in [2.45, 2.75) is 6.10 Å². The van der Waals surface area contributed by atoms with Gasteiger partial charge >= 0.3 is 5.97 Å². The average molecular weight is 175 g/mol. The van der Waals surface area contributed by atoms with E-state index in [-0.39, 0.29) is 12.6 Å². The van der Waals surface area contributed by atoms with Crippen LogP contribution in [0.3, 0.4) is 0 Å². The predicted octanol–water partition coefficient (Wildman–Crippen LogP) is -0.924. The largest absolute Gasteiger partial charge is 0.480 e. The number of carboxylic acids is 1. The van der Waals surface area contributed by atoms with Gasteiger partial charge in [0.1, 0.15) is 0 Å². The third-order valence-electron chi connectivity index (χ3n) is 1.53. The number of hydrogen-bond acceptors (Lipinski definition) is 4. The lowest BCUT2D eigenvalue weighted by Gasteiger charge is -2.22. The molecule has 0 aliphatic carbocycles. The zero-order valence-corrected chi connectivity index (χ0v) is 6.78. The number of carboxylic acid groups (broad SMARTS) is 1. The Morgan fingerprint density at radius 2 is 2.42 bits per heavy atom. The maximum atomic E-state index is 10.1. The number of hydrogen-bond donors (Lipinski definition) is 2. The van der Waals surface area contributed by atoms with Crippen LogP contribution in [0.15, 0.2) is 0 Å². The second-order valence-electron chi connectivity index (χ2n) is 2.59. The van der Waals surface area contributed by atoms with Gasteiger partial charge in [-0.2, -0.15) is 0 Å². The minimum Gasteiger partial charge on any atom is -0.480 e. The van der Waals surface area contributed by atoms with Crippen LogP contribution in [-0.2, 0) is 14.3 Å². The molecule has 1 atom stereocenters. The van der Waals surface area contributed by atoms with E-state index in [2.05, 4.69) is 5.32 Å². The first-order valence-electron chi connectivity index (χ1n) is 3.91. The highest BCUT2D eigenvalue weighted by Gasteiger charge is 2.13. The zero-order chi connectivity index (χ0) is 8.81. The lowest BCUT2D eigenvalue weighted by molar-refractivity contribution is -0.136. The molecule has 1 aliphatic heterocycles. The minimum absolute atomic E-state index is 0.00176. The van der Waals surface area contributed by atoms with Gasteiger partial charge in [0.15, 0.2) is 0 Å². The lowest BCUT2D eigenvalue weighted by atomic mass is 10.3. The summed E-state index contributed by atoms with van der Waals surface area (Å²) in [5.41, 5.74) is 0. The van der Waals surface area contributed by atoms with E-state index in [1.165, 1.54) is 0 Å². The third-order valence-corrected chi connectivity index (χ3v) is 1.53. The molecule has 0 radical (unpaired) electrons. The molecule has 0 aromatic rings. The SMILES string of the molecule is O=C(O)CNCC1COCCO1. The van der Waals surface area contributed by atoms with E-state index >= 15 is 0 Å². The summed E-state index contributed by atoms with van der Waals surface area (Å²) in [4.78, 5) is 10.1. The summed E-state index contributed by atoms with van der Waals surface area (Å²) in [6, 6.07) is 0. The summed E-state index contributed by atoms with van der Waals surface area (Å²) in [6.07, 6.45) is -0.00176. The molecular formula is C7H13NO4. The van der Waals surface area contributed by atoms with Crippen LogP contribution in [-0.4, -0.2) is 50.1 Å². The molecule has 5 nitrogen and oxygen atoms in total. The molecule has 1 rings (SSSR count). The Hall–Kier alpha value is -0.650. The van der Waals surface area contributed by atoms with E-state index in [1.807, 2.05) is 0 Å². The molecule has 0 bridgehead atoms. The van der Waals surface area contributed by atoms with Gasteiger partial charge in [-0.25, -0.2) is 0 Å².